The minimum Gasteiger partial charge on any atom is -0.462 e. The first kappa shape index (κ1) is 20.9. The van der Waals surface area contributed by atoms with Crippen molar-refractivity contribution in [3.63, 3.8) is 0 Å². The molecule has 0 saturated heterocycles. The SMILES string of the molecule is CCCC[C@H]1CC[C@H](OC(=O)[C@H]2CC[C@H](CCC=C(F)C#N)CC2)CC1. The van der Waals surface area contributed by atoms with Gasteiger partial charge >= 0.3 is 5.97 Å². The number of rotatable bonds is 8. The van der Waals surface area contributed by atoms with Crippen LogP contribution in [0.25, 0.3) is 0 Å². The maximum absolute atomic E-state index is 12.8. The van der Waals surface area contributed by atoms with Gasteiger partial charge in [0, 0.05) is 0 Å². The second-order valence-electron chi connectivity index (χ2n) is 8.18. The molecular formula is C22H34FNO2. The molecule has 2 saturated carbocycles. The van der Waals surface area contributed by atoms with Crippen LogP contribution in [-0.4, -0.2) is 12.1 Å². The second kappa shape index (κ2) is 11.4. The lowest BCUT2D eigenvalue weighted by Crippen LogP contribution is -2.30. The minimum atomic E-state index is -0.688. The van der Waals surface area contributed by atoms with Gasteiger partial charge in [0.25, 0.3) is 0 Å². The van der Waals surface area contributed by atoms with E-state index in [1.807, 2.05) is 0 Å². The maximum Gasteiger partial charge on any atom is 0.309 e. The number of esters is 1. The summed E-state index contributed by atoms with van der Waals surface area (Å²) in [5, 5.41) is 8.41. The zero-order valence-corrected chi connectivity index (χ0v) is 16.2. The number of ether oxygens (including phenoxy) is 1. The van der Waals surface area contributed by atoms with E-state index >= 15 is 0 Å². The fourth-order valence-electron chi connectivity index (χ4n) is 4.47. The van der Waals surface area contributed by atoms with Crippen molar-refractivity contribution in [1.29, 1.82) is 5.26 Å². The molecule has 0 aromatic heterocycles. The molecule has 26 heavy (non-hydrogen) atoms. The van der Waals surface area contributed by atoms with Crippen molar-refractivity contribution in [3.8, 4) is 6.07 Å². The third-order valence-electron chi connectivity index (χ3n) is 6.23. The Hall–Kier alpha value is -1.37. The average molecular weight is 364 g/mol. The normalized spacial score (nSPS) is 29.8. The molecule has 0 heterocycles. The number of halogens is 1. The van der Waals surface area contributed by atoms with Crippen molar-refractivity contribution >= 4 is 5.97 Å². The van der Waals surface area contributed by atoms with Crippen molar-refractivity contribution in [3.05, 3.63) is 11.9 Å². The molecule has 0 unspecified atom stereocenters. The van der Waals surface area contributed by atoms with Crippen molar-refractivity contribution in [2.24, 2.45) is 17.8 Å². The van der Waals surface area contributed by atoms with Crippen LogP contribution in [0, 0.1) is 29.1 Å². The summed E-state index contributed by atoms with van der Waals surface area (Å²) >= 11 is 0. The molecule has 0 N–H and O–H groups in total. The van der Waals surface area contributed by atoms with Crippen LogP contribution in [0.1, 0.15) is 90.4 Å². The molecule has 2 aliphatic rings. The summed E-state index contributed by atoms with van der Waals surface area (Å²) in [4.78, 5) is 12.5. The van der Waals surface area contributed by atoms with Crippen molar-refractivity contribution in [2.75, 3.05) is 0 Å². The van der Waals surface area contributed by atoms with Crippen LogP contribution in [0.4, 0.5) is 4.39 Å². The summed E-state index contributed by atoms with van der Waals surface area (Å²) in [5.41, 5.74) is 0. The van der Waals surface area contributed by atoms with E-state index in [0.717, 1.165) is 50.9 Å². The fourth-order valence-corrected chi connectivity index (χ4v) is 4.47. The fraction of sp³-hybridized carbons (Fsp3) is 0.818. The van der Waals surface area contributed by atoms with Crippen molar-refractivity contribution in [1.82, 2.24) is 0 Å². The zero-order valence-electron chi connectivity index (χ0n) is 16.2. The zero-order chi connectivity index (χ0) is 18.8. The second-order valence-corrected chi connectivity index (χ2v) is 8.18. The Balaban J connectivity index is 1.62. The summed E-state index contributed by atoms with van der Waals surface area (Å²) < 4.78 is 18.6. The first-order chi connectivity index (χ1) is 12.6. The van der Waals surface area contributed by atoms with E-state index in [-0.39, 0.29) is 18.0 Å². The Labute approximate surface area is 158 Å². The smallest absolute Gasteiger partial charge is 0.309 e. The Morgan fingerprint density at radius 2 is 1.69 bits per heavy atom. The highest BCUT2D eigenvalue weighted by Crippen LogP contribution is 2.34. The number of hydrogen-bond donors (Lipinski definition) is 0. The van der Waals surface area contributed by atoms with Gasteiger partial charge in [0.1, 0.15) is 12.2 Å². The molecule has 2 rings (SSSR count). The highest BCUT2D eigenvalue weighted by molar-refractivity contribution is 5.72. The molecule has 4 heteroatoms. The first-order valence-electron chi connectivity index (χ1n) is 10.6. The van der Waals surface area contributed by atoms with Gasteiger partial charge in [-0.1, -0.05) is 26.2 Å². The number of hydrogen-bond acceptors (Lipinski definition) is 3. The molecule has 2 aliphatic carbocycles. The average Bonchev–Trinajstić information content (AvgIpc) is 2.67. The number of carbonyl (C=O) groups excluding carboxylic acids is 1. The molecule has 0 aromatic carbocycles. The van der Waals surface area contributed by atoms with Crippen LogP contribution in [0.15, 0.2) is 11.9 Å². The lowest BCUT2D eigenvalue weighted by atomic mass is 9.80. The van der Waals surface area contributed by atoms with Gasteiger partial charge in [0.15, 0.2) is 5.83 Å². The largest absolute Gasteiger partial charge is 0.462 e. The van der Waals surface area contributed by atoms with Crippen LogP contribution >= 0.6 is 0 Å². The van der Waals surface area contributed by atoms with E-state index in [1.54, 1.807) is 0 Å². The van der Waals surface area contributed by atoms with E-state index in [0.29, 0.717) is 12.3 Å². The standard InChI is InChI=1S/C22H34FNO2/c1-2-3-5-17-10-14-21(15-11-17)26-22(25)19-12-8-18(9-13-19)6-4-7-20(23)16-24/h7,17-19,21H,2-6,8-15H2,1H3/t17-,18-,19-,21-. The topological polar surface area (TPSA) is 50.1 Å². The minimum absolute atomic E-state index is 0.0101. The van der Waals surface area contributed by atoms with Gasteiger partial charge in [-0.2, -0.15) is 9.65 Å². The van der Waals surface area contributed by atoms with Gasteiger partial charge in [-0.05, 0) is 82.1 Å². The van der Waals surface area contributed by atoms with E-state index in [2.05, 4.69) is 6.92 Å². The molecule has 0 atom stereocenters. The van der Waals surface area contributed by atoms with E-state index in [4.69, 9.17) is 10.00 Å². The molecule has 0 spiro atoms. The molecule has 3 nitrogen and oxygen atoms in total. The Morgan fingerprint density at radius 3 is 2.31 bits per heavy atom. The summed E-state index contributed by atoms with van der Waals surface area (Å²) in [6.07, 6.45) is 15.2. The lowest BCUT2D eigenvalue weighted by Gasteiger charge is -2.31. The van der Waals surface area contributed by atoms with Crippen molar-refractivity contribution < 1.29 is 13.9 Å². The quantitative estimate of drug-likeness (QED) is 0.379. The third kappa shape index (κ3) is 7.09. The molecule has 0 aliphatic heterocycles. The van der Waals surface area contributed by atoms with Gasteiger partial charge in [0.05, 0.1) is 5.92 Å². The highest BCUT2D eigenvalue weighted by Gasteiger charge is 2.30. The van der Waals surface area contributed by atoms with Crippen LogP contribution in [0.5, 0.6) is 0 Å². The predicted molar refractivity (Wildman–Crippen MR) is 101 cm³/mol. The molecule has 2 fully saturated rings. The lowest BCUT2D eigenvalue weighted by molar-refractivity contribution is -0.157. The Kier molecular flexibility index (Phi) is 9.15. The summed E-state index contributed by atoms with van der Waals surface area (Å²) in [5.74, 6) is 0.745. The molecule has 0 bridgehead atoms. The van der Waals surface area contributed by atoms with Crippen LogP contribution in [-0.2, 0) is 9.53 Å². The summed E-state index contributed by atoms with van der Waals surface area (Å²) in [6.45, 7) is 2.24. The van der Waals surface area contributed by atoms with E-state index in [1.165, 1.54) is 44.2 Å². The van der Waals surface area contributed by atoms with Gasteiger partial charge in [0.2, 0.25) is 0 Å². The van der Waals surface area contributed by atoms with Crippen LogP contribution in [0.3, 0.4) is 0 Å². The highest BCUT2D eigenvalue weighted by atomic mass is 19.1. The van der Waals surface area contributed by atoms with Gasteiger partial charge < -0.3 is 4.74 Å². The van der Waals surface area contributed by atoms with Crippen LogP contribution < -0.4 is 0 Å². The van der Waals surface area contributed by atoms with E-state index in [9.17, 15) is 9.18 Å². The molecule has 0 amide bonds. The maximum atomic E-state index is 12.8. The van der Waals surface area contributed by atoms with E-state index < -0.39 is 5.83 Å². The Morgan fingerprint density at radius 1 is 1.08 bits per heavy atom. The number of nitrogens with zero attached hydrogens (tertiary/aromatic N) is 1. The monoisotopic (exact) mass is 363 g/mol. The van der Waals surface area contributed by atoms with Crippen molar-refractivity contribution in [2.45, 2.75) is 96.5 Å². The summed E-state index contributed by atoms with van der Waals surface area (Å²) in [6, 6.07) is 1.51. The first-order valence-corrected chi connectivity index (χ1v) is 10.6. The molecule has 0 radical (unpaired) electrons. The number of carbonyl (C=O) groups is 1. The number of nitriles is 1. The van der Waals surface area contributed by atoms with Crippen LogP contribution in [0.2, 0.25) is 0 Å². The third-order valence-corrected chi connectivity index (χ3v) is 6.23. The molecule has 0 aromatic rings. The molecule has 146 valence electrons. The van der Waals surface area contributed by atoms with Gasteiger partial charge in [-0.15, -0.1) is 0 Å². The summed E-state index contributed by atoms with van der Waals surface area (Å²) in [7, 11) is 0. The number of allylic oxidation sites excluding steroid dienone is 2. The van der Waals surface area contributed by atoms with Gasteiger partial charge in [-0.3, -0.25) is 4.79 Å². The number of unbranched alkanes of at least 4 members (excludes halogenated alkanes) is 1. The Bertz CT molecular complexity index is 495. The molecular weight excluding hydrogens is 329 g/mol. The predicted octanol–water partition coefficient (Wildman–Crippen LogP) is 6.24. The van der Waals surface area contributed by atoms with Gasteiger partial charge in [-0.25, -0.2) is 0 Å².